The third kappa shape index (κ3) is 5.85. The maximum atomic E-state index is 12.3. The molecule has 2 aromatic rings. The van der Waals surface area contributed by atoms with Gasteiger partial charge in [0, 0.05) is 26.1 Å². The van der Waals surface area contributed by atoms with E-state index in [0.717, 1.165) is 37.7 Å². The van der Waals surface area contributed by atoms with Crippen LogP contribution in [0, 0.1) is 5.92 Å². The highest BCUT2D eigenvalue weighted by Crippen LogP contribution is 2.31. The fourth-order valence-electron chi connectivity index (χ4n) is 4.42. The number of likely N-dealkylation sites (tertiary alicyclic amines) is 1. The number of anilines is 1. The molecule has 31 heavy (non-hydrogen) atoms. The normalized spacial score (nSPS) is 17.2. The van der Waals surface area contributed by atoms with Crippen LogP contribution in [0.25, 0.3) is 0 Å². The van der Waals surface area contributed by atoms with Crippen molar-refractivity contribution in [3.63, 3.8) is 0 Å². The summed E-state index contributed by atoms with van der Waals surface area (Å²) in [5, 5.41) is 3.01. The van der Waals surface area contributed by atoms with E-state index in [0.29, 0.717) is 25.3 Å². The number of carbonyl (C=O) groups excluding carboxylic acids is 2. The fourth-order valence-corrected chi connectivity index (χ4v) is 4.42. The molecular formula is C25H31N3O3. The summed E-state index contributed by atoms with van der Waals surface area (Å²) in [5.41, 5.74) is 2.17. The van der Waals surface area contributed by atoms with Crippen LogP contribution >= 0.6 is 0 Å². The predicted molar refractivity (Wildman–Crippen MR) is 121 cm³/mol. The monoisotopic (exact) mass is 421 g/mol. The van der Waals surface area contributed by atoms with E-state index >= 15 is 0 Å². The molecule has 2 aromatic carbocycles. The number of para-hydroxylation sites is 2. The molecule has 1 N–H and O–H groups in total. The standard InChI is InChI=1S/C25H31N3O3/c29-24(12-16-28-22-8-4-5-9-23(22)31-19-25(28)30)26-13-17-27-14-10-21(11-15-27)18-20-6-2-1-3-7-20/h1-9,21H,10-19H2,(H,26,29). The van der Waals surface area contributed by atoms with Gasteiger partial charge in [0.25, 0.3) is 5.91 Å². The second-order valence-corrected chi connectivity index (χ2v) is 8.38. The van der Waals surface area contributed by atoms with E-state index in [1.165, 1.54) is 18.4 Å². The molecule has 1 fully saturated rings. The van der Waals surface area contributed by atoms with Gasteiger partial charge in [-0.3, -0.25) is 9.59 Å². The van der Waals surface area contributed by atoms with Crippen molar-refractivity contribution in [2.45, 2.75) is 25.7 Å². The zero-order valence-electron chi connectivity index (χ0n) is 18.0. The first-order valence-corrected chi connectivity index (χ1v) is 11.2. The van der Waals surface area contributed by atoms with E-state index in [1.807, 2.05) is 24.3 Å². The number of hydrogen-bond acceptors (Lipinski definition) is 4. The lowest BCUT2D eigenvalue weighted by atomic mass is 9.90. The van der Waals surface area contributed by atoms with E-state index in [2.05, 4.69) is 40.5 Å². The third-order valence-electron chi connectivity index (χ3n) is 6.20. The van der Waals surface area contributed by atoms with Crippen LogP contribution in [0.2, 0.25) is 0 Å². The molecule has 2 amide bonds. The summed E-state index contributed by atoms with van der Waals surface area (Å²) in [5.74, 6) is 1.32. The number of rotatable bonds is 8. The van der Waals surface area contributed by atoms with E-state index in [-0.39, 0.29) is 18.4 Å². The quantitative estimate of drug-likeness (QED) is 0.712. The minimum absolute atomic E-state index is 0.0178. The number of amides is 2. The molecule has 0 bridgehead atoms. The van der Waals surface area contributed by atoms with Crippen molar-refractivity contribution in [1.82, 2.24) is 10.2 Å². The molecule has 2 aliphatic rings. The first kappa shape index (κ1) is 21.4. The van der Waals surface area contributed by atoms with Crippen LogP contribution in [0.15, 0.2) is 54.6 Å². The maximum absolute atomic E-state index is 12.3. The zero-order valence-corrected chi connectivity index (χ0v) is 18.0. The van der Waals surface area contributed by atoms with Gasteiger partial charge in [0.1, 0.15) is 5.75 Å². The first-order chi connectivity index (χ1) is 15.2. The van der Waals surface area contributed by atoms with E-state index in [9.17, 15) is 9.59 Å². The van der Waals surface area contributed by atoms with Crippen LogP contribution in [0.5, 0.6) is 5.75 Å². The average molecular weight is 422 g/mol. The van der Waals surface area contributed by atoms with Gasteiger partial charge in [0.15, 0.2) is 6.61 Å². The molecule has 0 atom stereocenters. The molecule has 2 heterocycles. The Hall–Kier alpha value is -2.86. The Morgan fingerprint density at radius 1 is 1.00 bits per heavy atom. The predicted octanol–water partition coefficient (Wildman–Crippen LogP) is 2.87. The van der Waals surface area contributed by atoms with Gasteiger partial charge in [-0.25, -0.2) is 0 Å². The van der Waals surface area contributed by atoms with Crippen LogP contribution in [-0.4, -0.2) is 56.0 Å². The van der Waals surface area contributed by atoms with E-state index in [4.69, 9.17) is 4.74 Å². The zero-order chi connectivity index (χ0) is 21.5. The summed E-state index contributed by atoms with van der Waals surface area (Å²) in [4.78, 5) is 28.6. The minimum atomic E-state index is -0.107. The Morgan fingerprint density at radius 2 is 1.74 bits per heavy atom. The van der Waals surface area contributed by atoms with Gasteiger partial charge in [0.2, 0.25) is 5.91 Å². The topological polar surface area (TPSA) is 61.9 Å². The highest BCUT2D eigenvalue weighted by molar-refractivity contribution is 5.98. The first-order valence-electron chi connectivity index (χ1n) is 11.2. The van der Waals surface area contributed by atoms with Gasteiger partial charge in [-0.1, -0.05) is 42.5 Å². The smallest absolute Gasteiger partial charge is 0.265 e. The lowest BCUT2D eigenvalue weighted by Crippen LogP contribution is -2.42. The fraction of sp³-hybridized carbons (Fsp3) is 0.440. The number of piperidine rings is 1. The molecule has 4 rings (SSSR count). The molecule has 0 radical (unpaired) electrons. The number of nitrogens with zero attached hydrogens (tertiary/aromatic N) is 2. The Kier molecular flexibility index (Phi) is 7.20. The number of ether oxygens (including phenoxy) is 1. The maximum Gasteiger partial charge on any atom is 0.265 e. The number of hydrogen-bond donors (Lipinski definition) is 1. The van der Waals surface area contributed by atoms with Crippen LogP contribution in [-0.2, 0) is 16.0 Å². The van der Waals surface area contributed by atoms with Crippen LogP contribution < -0.4 is 15.0 Å². The molecule has 0 unspecified atom stereocenters. The summed E-state index contributed by atoms with van der Waals surface area (Å²) in [6.45, 7) is 4.10. The highest BCUT2D eigenvalue weighted by Gasteiger charge is 2.25. The van der Waals surface area contributed by atoms with Crippen LogP contribution in [0.1, 0.15) is 24.8 Å². The molecule has 0 spiro atoms. The van der Waals surface area contributed by atoms with Crippen LogP contribution in [0.4, 0.5) is 5.69 Å². The number of nitrogens with one attached hydrogen (secondary N) is 1. The summed E-state index contributed by atoms with van der Waals surface area (Å²) in [6.07, 6.45) is 3.87. The summed E-state index contributed by atoms with van der Waals surface area (Å²) < 4.78 is 5.45. The Labute approximate surface area is 184 Å². The van der Waals surface area contributed by atoms with Crippen molar-refractivity contribution in [2.24, 2.45) is 5.92 Å². The number of fused-ring (bicyclic) bond motifs is 1. The van der Waals surface area contributed by atoms with Gasteiger partial charge >= 0.3 is 0 Å². The van der Waals surface area contributed by atoms with Crippen LogP contribution in [0.3, 0.4) is 0 Å². The largest absolute Gasteiger partial charge is 0.482 e. The lowest BCUT2D eigenvalue weighted by molar-refractivity contribution is -0.122. The Balaban J connectivity index is 1.14. The molecule has 6 nitrogen and oxygen atoms in total. The molecule has 1 saturated heterocycles. The van der Waals surface area contributed by atoms with Crippen molar-refractivity contribution in [1.29, 1.82) is 0 Å². The van der Waals surface area contributed by atoms with E-state index in [1.54, 1.807) is 4.90 Å². The van der Waals surface area contributed by atoms with Gasteiger partial charge in [-0.2, -0.15) is 0 Å². The minimum Gasteiger partial charge on any atom is -0.482 e. The lowest BCUT2D eigenvalue weighted by Gasteiger charge is -2.32. The second-order valence-electron chi connectivity index (χ2n) is 8.38. The van der Waals surface area contributed by atoms with E-state index < -0.39 is 0 Å². The van der Waals surface area contributed by atoms with Gasteiger partial charge < -0.3 is 19.9 Å². The molecule has 0 aromatic heterocycles. The molecule has 0 saturated carbocycles. The van der Waals surface area contributed by atoms with Gasteiger partial charge in [0.05, 0.1) is 5.69 Å². The van der Waals surface area contributed by atoms with Crippen molar-refractivity contribution in [3.05, 3.63) is 60.2 Å². The molecule has 164 valence electrons. The molecule has 6 heteroatoms. The molecular weight excluding hydrogens is 390 g/mol. The number of benzene rings is 2. The Morgan fingerprint density at radius 3 is 2.55 bits per heavy atom. The average Bonchev–Trinajstić information content (AvgIpc) is 2.80. The Bertz CT molecular complexity index is 879. The summed E-state index contributed by atoms with van der Waals surface area (Å²) in [7, 11) is 0. The van der Waals surface area contributed by atoms with Crippen molar-refractivity contribution >= 4 is 17.5 Å². The summed E-state index contributed by atoms with van der Waals surface area (Å²) >= 11 is 0. The third-order valence-corrected chi connectivity index (χ3v) is 6.20. The summed E-state index contributed by atoms with van der Waals surface area (Å²) in [6, 6.07) is 18.2. The molecule has 2 aliphatic heterocycles. The van der Waals surface area contributed by atoms with Crippen molar-refractivity contribution in [2.75, 3.05) is 44.2 Å². The highest BCUT2D eigenvalue weighted by atomic mass is 16.5. The second kappa shape index (κ2) is 10.4. The number of carbonyl (C=O) groups is 2. The van der Waals surface area contributed by atoms with Gasteiger partial charge in [-0.15, -0.1) is 0 Å². The van der Waals surface area contributed by atoms with Crippen molar-refractivity contribution in [3.8, 4) is 5.75 Å². The van der Waals surface area contributed by atoms with Crippen molar-refractivity contribution < 1.29 is 14.3 Å². The SMILES string of the molecule is O=C(CCN1C(=O)COc2ccccc21)NCCN1CCC(Cc2ccccc2)CC1. The molecule has 0 aliphatic carbocycles. The van der Waals surface area contributed by atoms with Gasteiger partial charge in [-0.05, 0) is 56.0 Å².